The van der Waals surface area contributed by atoms with E-state index in [-0.39, 0.29) is 31.6 Å². The molecular formula is C30H27ClN2O7. The molecule has 2 heterocycles. The van der Waals surface area contributed by atoms with Gasteiger partial charge in [0, 0.05) is 23.0 Å². The molecule has 0 bridgehead atoms. The minimum Gasteiger partial charge on any atom is -0.508 e. The second kappa shape index (κ2) is 9.30. The van der Waals surface area contributed by atoms with Crippen molar-refractivity contribution < 1.29 is 34.2 Å². The summed E-state index contributed by atoms with van der Waals surface area (Å²) in [6.07, 6.45) is 1.91. The average Bonchev–Trinajstić information content (AvgIpc) is 3.29. The van der Waals surface area contributed by atoms with Gasteiger partial charge >= 0.3 is 5.97 Å². The van der Waals surface area contributed by atoms with E-state index in [0.717, 1.165) is 10.5 Å². The van der Waals surface area contributed by atoms with Crippen LogP contribution < -0.4 is 4.90 Å². The van der Waals surface area contributed by atoms with Crippen LogP contribution >= 0.6 is 11.6 Å². The summed E-state index contributed by atoms with van der Waals surface area (Å²) in [6, 6.07) is 13.2. The number of hydrogen-bond donors (Lipinski definition) is 2. The first-order valence-corrected chi connectivity index (χ1v) is 13.6. The van der Waals surface area contributed by atoms with Crippen LogP contribution in [0, 0.1) is 29.1 Å². The van der Waals surface area contributed by atoms with Crippen LogP contribution in [0.25, 0.3) is 0 Å². The third-order valence-electron chi connectivity index (χ3n) is 9.23. The summed E-state index contributed by atoms with van der Waals surface area (Å²) >= 11 is 6.35. The van der Waals surface area contributed by atoms with Gasteiger partial charge in [0.05, 0.1) is 35.3 Å². The molecule has 9 nitrogen and oxygen atoms in total. The number of halogens is 1. The molecule has 6 atom stereocenters. The monoisotopic (exact) mass is 562 g/mol. The number of nitrogens with zero attached hydrogens (tertiary/aromatic N) is 2. The second-order valence-corrected chi connectivity index (χ2v) is 11.6. The Morgan fingerprint density at radius 1 is 1.02 bits per heavy atom. The Balaban J connectivity index is 1.50. The Kier molecular flexibility index (Phi) is 6.10. The highest BCUT2D eigenvalue weighted by molar-refractivity contribution is 6.30. The van der Waals surface area contributed by atoms with Crippen molar-refractivity contribution in [1.29, 1.82) is 0 Å². The molecule has 4 amide bonds. The van der Waals surface area contributed by atoms with Crippen LogP contribution in [0.3, 0.4) is 0 Å². The minimum atomic E-state index is -1.29. The summed E-state index contributed by atoms with van der Waals surface area (Å²) in [5.41, 5.74) is 0.239. The molecule has 3 fully saturated rings. The summed E-state index contributed by atoms with van der Waals surface area (Å²) in [7, 11) is 0. The molecule has 0 aromatic heterocycles. The third kappa shape index (κ3) is 3.63. The largest absolute Gasteiger partial charge is 0.508 e. The third-order valence-corrected chi connectivity index (χ3v) is 9.47. The van der Waals surface area contributed by atoms with Crippen molar-refractivity contribution >= 4 is 46.9 Å². The molecule has 6 rings (SSSR count). The van der Waals surface area contributed by atoms with E-state index in [0.29, 0.717) is 16.3 Å². The fourth-order valence-corrected chi connectivity index (χ4v) is 7.61. The summed E-state index contributed by atoms with van der Waals surface area (Å²) in [6.45, 7) is 1.51. The van der Waals surface area contributed by atoms with Crippen molar-refractivity contribution in [2.75, 3.05) is 11.4 Å². The van der Waals surface area contributed by atoms with Gasteiger partial charge in [0.2, 0.25) is 23.6 Å². The van der Waals surface area contributed by atoms with Crippen LogP contribution in [-0.4, -0.2) is 51.3 Å². The number of imide groups is 2. The van der Waals surface area contributed by atoms with Crippen LogP contribution in [0.4, 0.5) is 5.69 Å². The van der Waals surface area contributed by atoms with Crippen molar-refractivity contribution in [1.82, 2.24) is 4.90 Å². The lowest BCUT2D eigenvalue weighted by Crippen LogP contribution is -2.48. The number of fused-ring (bicyclic) bond motifs is 4. The van der Waals surface area contributed by atoms with E-state index < -0.39 is 64.6 Å². The smallest absolute Gasteiger partial charge is 0.305 e. The molecule has 1 saturated carbocycles. The number of likely N-dealkylation sites (tertiary alicyclic amines) is 1. The predicted octanol–water partition coefficient (Wildman–Crippen LogP) is 3.75. The Hall–Kier alpha value is -3.98. The maximum Gasteiger partial charge on any atom is 0.305 e. The van der Waals surface area contributed by atoms with Crippen molar-refractivity contribution in [3.8, 4) is 5.75 Å². The molecule has 10 heteroatoms. The zero-order chi connectivity index (χ0) is 28.5. The number of phenols is 1. The average molecular weight is 563 g/mol. The number of carboxylic acid groups (broad SMARTS) is 1. The van der Waals surface area contributed by atoms with Gasteiger partial charge in [-0.1, -0.05) is 41.4 Å². The first-order valence-electron chi connectivity index (χ1n) is 13.2. The lowest BCUT2D eigenvalue weighted by molar-refractivity contribution is -0.142. The number of phenolic OH excluding ortho intramolecular Hbond substituents is 1. The molecule has 0 radical (unpaired) electrons. The molecule has 2 saturated heterocycles. The van der Waals surface area contributed by atoms with Crippen LogP contribution in [0.15, 0.2) is 60.2 Å². The number of benzene rings is 2. The minimum absolute atomic E-state index is 0.0895. The van der Waals surface area contributed by atoms with Crippen molar-refractivity contribution in [3.05, 3.63) is 70.8 Å². The Bertz CT molecular complexity index is 1500. The lowest BCUT2D eigenvalue weighted by atomic mass is 9.51. The van der Waals surface area contributed by atoms with E-state index in [1.165, 1.54) is 17.0 Å². The number of hydrogen-bond acceptors (Lipinski definition) is 6. The quantitative estimate of drug-likeness (QED) is 0.419. The number of aliphatic carboxylic acids is 1. The molecule has 40 heavy (non-hydrogen) atoms. The van der Waals surface area contributed by atoms with Gasteiger partial charge in [0.1, 0.15) is 5.75 Å². The fourth-order valence-electron chi connectivity index (χ4n) is 7.43. The standard InChI is InChI=1S/C30H27ClN2O7/c1-30-21(27(38)33(29(30)40)16-5-3-2-4-6-16)14-19-17(25(30)20-13-15(31)7-10-22(20)34)8-9-18-24(19)28(39)32(26(18)37)12-11-23(35)36/h2-8,10,13,18-19,21,24-25,34H,9,11-12,14H2,1H3,(H,35,36)/t18-,19+,21-,24-,25+,30+/m0/s1. The van der Waals surface area contributed by atoms with Gasteiger partial charge in [-0.15, -0.1) is 0 Å². The van der Waals surface area contributed by atoms with Gasteiger partial charge < -0.3 is 10.2 Å². The lowest BCUT2D eigenvalue weighted by Gasteiger charge is -2.49. The van der Waals surface area contributed by atoms with Gasteiger partial charge in [0.25, 0.3) is 0 Å². The van der Waals surface area contributed by atoms with E-state index in [9.17, 15) is 29.1 Å². The molecule has 2 aliphatic carbocycles. The van der Waals surface area contributed by atoms with Gasteiger partial charge in [-0.25, -0.2) is 4.90 Å². The van der Waals surface area contributed by atoms with Crippen LogP contribution in [0.2, 0.25) is 5.02 Å². The number of amides is 4. The molecule has 2 N–H and O–H groups in total. The van der Waals surface area contributed by atoms with E-state index >= 15 is 0 Å². The molecule has 206 valence electrons. The maximum absolute atomic E-state index is 14.3. The highest BCUT2D eigenvalue weighted by Crippen LogP contribution is 2.64. The zero-order valence-electron chi connectivity index (χ0n) is 21.6. The molecule has 2 aromatic rings. The summed E-state index contributed by atoms with van der Waals surface area (Å²) in [4.78, 5) is 68.5. The molecule has 2 aromatic carbocycles. The number of allylic oxidation sites excluding steroid dienone is 2. The normalized spacial score (nSPS) is 31.1. The Labute approximate surface area is 235 Å². The molecule has 0 unspecified atom stereocenters. The zero-order valence-corrected chi connectivity index (χ0v) is 22.4. The van der Waals surface area contributed by atoms with Crippen LogP contribution in [0.5, 0.6) is 5.75 Å². The van der Waals surface area contributed by atoms with Crippen molar-refractivity contribution in [3.63, 3.8) is 0 Å². The second-order valence-electron chi connectivity index (χ2n) is 11.2. The fraction of sp³-hybridized carbons (Fsp3) is 0.367. The SMILES string of the molecule is C[C@@]12C(=O)N(c3ccccc3)C(=O)[C@@H]1C[C@@H]1C(=CC[C@@H]3C(=O)N(CCC(=O)O)C(=O)[C@@H]31)[C@@H]2c1cc(Cl)ccc1O. The number of carbonyl (C=O) groups excluding carboxylic acids is 4. The molecule has 2 aliphatic heterocycles. The Morgan fingerprint density at radius 2 is 1.75 bits per heavy atom. The first-order chi connectivity index (χ1) is 19.1. The van der Waals surface area contributed by atoms with E-state index in [1.807, 2.05) is 6.08 Å². The van der Waals surface area contributed by atoms with E-state index in [4.69, 9.17) is 16.7 Å². The summed E-state index contributed by atoms with van der Waals surface area (Å²) < 4.78 is 0. The van der Waals surface area contributed by atoms with Crippen molar-refractivity contribution in [2.45, 2.75) is 32.1 Å². The number of para-hydroxylation sites is 1. The molecule has 4 aliphatic rings. The highest BCUT2D eigenvalue weighted by atomic mass is 35.5. The van der Waals surface area contributed by atoms with Crippen LogP contribution in [0.1, 0.15) is 37.7 Å². The topological polar surface area (TPSA) is 132 Å². The van der Waals surface area contributed by atoms with Crippen molar-refractivity contribution in [2.24, 2.45) is 29.1 Å². The first kappa shape index (κ1) is 26.3. The van der Waals surface area contributed by atoms with Gasteiger partial charge in [-0.2, -0.15) is 0 Å². The van der Waals surface area contributed by atoms with Crippen LogP contribution in [-0.2, 0) is 24.0 Å². The Morgan fingerprint density at radius 3 is 2.45 bits per heavy atom. The van der Waals surface area contributed by atoms with E-state index in [2.05, 4.69) is 0 Å². The number of anilines is 1. The summed E-state index contributed by atoms with van der Waals surface area (Å²) in [5.74, 6) is -6.51. The number of carbonyl (C=O) groups is 5. The van der Waals surface area contributed by atoms with E-state index in [1.54, 1.807) is 43.3 Å². The molecule has 0 spiro atoms. The molecular weight excluding hydrogens is 536 g/mol. The highest BCUT2D eigenvalue weighted by Gasteiger charge is 2.67. The number of rotatable bonds is 5. The van der Waals surface area contributed by atoms with Gasteiger partial charge in [-0.05, 0) is 56.0 Å². The number of carboxylic acids is 1. The number of aromatic hydroxyl groups is 1. The van der Waals surface area contributed by atoms with Gasteiger partial charge in [0.15, 0.2) is 0 Å². The predicted molar refractivity (Wildman–Crippen MR) is 143 cm³/mol. The maximum atomic E-state index is 14.3. The summed E-state index contributed by atoms with van der Waals surface area (Å²) in [5, 5.41) is 20.5. The van der Waals surface area contributed by atoms with Gasteiger partial charge in [-0.3, -0.25) is 28.9 Å².